The van der Waals surface area contributed by atoms with Crippen LogP contribution in [0.5, 0.6) is 11.5 Å². The fourth-order valence-corrected chi connectivity index (χ4v) is 2.48. The maximum atomic E-state index is 12.6. The number of nitrogens with zero attached hydrogens (tertiary/aromatic N) is 1. The fraction of sp³-hybridized carbons (Fsp3) is 0.227. The van der Waals surface area contributed by atoms with E-state index < -0.39 is 18.0 Å². The highest BCUT2D eigenvalue weighted by Gasteiger charge is 2.19. The van der Waals surface area contributed by atoms with Gasteiger partial charge in [-0.2, -0.15) is 5.26 Å². The van der Waals surface area contributed by atoms with Crippen molar-refractivity contribution in [2.75, 3.05) is 12.4 Å². The lowest BCUT2D eigenvalue weighted by molar-refractivity contribution is -0.144. The third-order valence-corrected chi connectivity index (χ3v) is 4.30. The molecular weight excluding hydrogens is 372 g/mol. The summed E-state index contributed by atoms with van der Waals surface area (Å²) in [5.74, 6) is -1.31. The Kier molecular flexibility index (Phi) is 6.99. The van der Waals surface area contributed by atoms with Crippen molar-refractivity contribution >= 4 is 23.6 Å². The summed E-state index contributed by atoms with van der Waals surface area (Å²) >= 11 is 0. The zero-order valence-corrected chi connectivity index (χ0v) is 16.6. The van der Waals surface area contributed by atoms with Crippen LogP contribution in [0.4, 0.5) is 5.69 Å². The van der Waals surface area contributed by atoms with Gasteiger partial charge in [-0.15, -0.1) is 0 Å². The second kappa shape index (κ2) is 9.42. The van der Waals surface area contributed by atoms with Crippen LogP contribution in [0, 0.1) is 25.2 Å². The van der Waals surface area contributed by atoms with Crippen LogP contribution in [0.1, 0.15) is 23.6 Å². The third-order valence-electron chi connectivity index (χ3n) is 4.30. The minimum absolute atomic E-state index is 0.136. The fourth-order valence-electron chi connectivity index (χ4n) is 2.48. The molecule has 0 aromatic heterocycles. The van der Waals surface area contributed by atoms with Crippen LogP contribution in [0.3, 0.4) is 0 Å². The molecule has 29 heavy (non-hydrogen) atoms. The number of para-hydroxylation sites is 1. The van der Waals surface area contributed by atoms with Gasteiger partial charge in [0.05, 0.1) is 7.11 Å². The van der Waals surface area contributed by atoms with E-state index in [2.05, 4.69) is 5.32 Å². The summed E-state index contributed by atoms with van der Waals surface area (Å²) in [6, 6.07) is 12.2. The molecule has 0 unspecified atom stereocenters. The van der Waals surface area contributed by atoms with Crippen LogP contribution in [0.2, 0.25) is 0 Å². The molecule has 2 aromatic rings. The molecule has 150 valence electrons. The van der Waals surface area contributed by atoms with Crippen LogP contribution >= 0.6 is 0 Å². The number of nitriles is 1. The second-order valence-electron chi connectivity index (χ2n) is 6.40. The van der Waals surface area contributed by atoms with Crippen LogP contribution < -0.4 is 14.8 Å². The molecule has 2 aromatic carbocycles. The van der Waals surface area contributed by atoms with E-state index in [0.717, 1.165) is 11.1 Å². The molecule has 0 fully saturated rings. The number of amides is 1. The monoisotopic (exact) mass is 394 g/mol. The SMILES string of the molecule is COc1cccc(/C=C(/C#N)C(=O)Nc2ccc(C)c(C)c2)c1O[C@@H](C)C(=O)O. The van der Waals surface area contributed by atoms with Crippen molar-refractivity contribution in [1.82, 2.24) is 0 Å². The number of benzene rings is 2. The van der Waals surface area contributed by atoms with Crippen LogP contribution in [-0.2, 0) is 9.59 Å². The van der Waals surface area contributed by atoms with E-state index in [1.807, 2.05) is 32.0 Å². The highest BCUT2D eigenvalue weighted by atomic mass is 16.5. The first kappa shape index (κ1) is 21.5. The minimum atomic E-state index is -1.15. The summed E-state index contributed by atoms with van der Waals surface area (Å²) in [7, 11) is 1.42. The van der Waals surface area contributed by atoms with E-state index >= 15 is 0 Å². The number of carboxylic acid groups (broad SMARTS) is 1. The number of aryl methyl sites for hydroxylation is 2. The van der Waals surface area contributed by atoms with E-state index in [1.165, 1.54) is 20.1 Å². The van der Waals surface area contributed by atoms with Crippen molar-refractivity contribution in [3.05, 3.63) is 58.7 Å². The summed E-state index contributed by atoms with van der Waals surface area (Å²) in [4.78, 5) is 23.7. The van der Waals surface area contributed by atoms with Crippen molar-refractivity contribution in [3.8, 4) is 17.6 Å². The molecule has 0 aliphatic carbocycles. The predicted octanol–water partition coefficient (Wildman–Crippen LogP) is 3.71. The highest BCUT2D eigenvalue weighted by Crippen LogP contribution is 2.33. The van der Waals surface area contributed by atoms with Crippen molar-refractivity contribution in [2.45, 2.75) is 26.9 Å². The number of ether oxygens (including phenoxy) is 2. The number of anilines is 1. The van der Waals surface area contributed by atoms with Gasteiger partial charge < -0.3 is 19.9 Å². The van der Waals surface area contributed by atoms with Crippen LogP contribution in [0.15, 0.2) is 42.0 Å². The Balaban J connectivity index is 2.38. The largest absolute Gasteiger partial charge is 0.493 e. The summed E-state index contributed by atoms with van der Waals surface area (Å²) in [6.07, 6.45) is 0.191. The average Bonchev–Trinajstić information content (AvgIpc) is 2.69. The lowest BCUT2D eigenvalue weighted by Crippen LogP contribution is -2.23. The first-order valence-electron chi connectivity index (χ1n) is 8.83. The molecule has 2 rings (SSSR count). The van der Waals surface area contributed by atoms with Crippen molar-refractivity contribution in [2.24, 2.45) is 0 Å². The normalized spacial score (nSPS) is 11.9. The van der Waals surface area contributed by atoms with E-state index in [0.29, 0.717) is 17.0 Å². The molecule has 0 saturated carbocycles. The Hall–Kier alpha value is -3.79. The Labute approximate surface area is 169 Å². The van der Waals surface area contributed by atoms with Gasteiger partial charge in [-0.25, -0.2) is 4.79 Å². The number of nitrogens with one attached hydrogen (secondary N) is 1. The molecule has 1 amide bonds. The van der Waals surface area contributed by atoms with Crippen molar-refractivity contribution in [3.63, 3.8) is 0 Å². The summed E-state index contributed by atoms with van der Waals surface area (Å²) in [5, 5.41) is 21.3. The van der Waals surface area contributed by atoms with Crippen LogP contribution in [-0.4, -0.2) is 30.2 Å². The van der Waals surface area contributed by atoms with Crippen molar-refractivity contribution in [1.29, 1.82) is 5.26 Å². The number of methoxy groups -OCH3 is 1. The van der Waals surface area contributed by atoms with Crippen molar-refractivity contribution < 1.29 is 24.2 Å². The summed E-state index contributed by atoms with van der Waals surface area (Å²) < 4.78 is 10.7. The van der Waals surface area contributed by atoms with E-state index in [-0.39, 0.29) is 11.3 Å². The smallest absolute Gasteiger partial charge is 0.344 e. The molecule has 0 heterocycles. The molecule has 0 bridgehead atoms. The maximum absolute atomic E-state index is 12.6. The molecule has 1 atom stereocenters. The van der Waals surface area contributed by atoms with Gasteiger partial charge in [-0.1, -0.05) is 18.2 Å². The van der Waals surface area contributed by atoms with Gasteiger partial charge in [0, 0.05) is 11.3 Å². The predicted molar refractivity (Wildman–Crippen MR) is 109 cm³/mol. The lowest BCUT2D eigenvalue weighted by atomic mass is 10.1. The third kappa shape index (κ3) is 5.36. The lowest BCUT2D eigenvalue weighted by Gasteiger charge is -2.16. The number of hydrogen-bond acceptors (Lipinski definition) is 5. The van der Waals surface area contributed by atoms with Gasteiger partial charge in [0.25, 0.3) is 5.91 Å². The molecule has 0 spiro atoms. The molecule has 7 heteroatoms. The average molecular weight is 394 g/mol. The van der Waals surface area contributed by atoms with Gasteiger partial charge >= 0.3 is 5.97 Å². The van der Waals surface area contributed by atoms with E-state index in [4.69, 9.17) is 14.6 Å². The molecular formula is C22H22N2O5. The molecule has 0 radical (unpaired) electrons. The van der Waals surface area contributed by atoms with Gasteiger partial charge in [0.15, 0.2) is 17.6 Å². The Morgan fingerprint density at radius 3 is 2.52 bits per heavy atom. The van der Waals surface area contributed by atoms with Crippen LogP contribution in [0.25, 0.3) is 6.08 Å². The zero-order valence-electron chi connectivity index (χ0n) is 16.6. The molecule has 2 N–H and O–H groups in total. The molecule has 0 aliphatic heterocycles. The number of carbonyl (C=O) groups is 2. The van der Waals surface area contributed by atoms with E-state index in [9.17, 15) is 14.9 Å². The molecule has 7 nitrogen and oxygen atoms in total. The number of hydrogen-bond donors (Lipinski definition) is 2. The topological polar surface area (TPSA) is 109 Å². The number of carbonyl (C=O) groups excluding carboxylic acids is 1. The van der Waals surface area contributed by atoms with E-state index in [1.54, 1.807) is 24.3 Å². The summed E-state index contributed by atoms with van der Waals surface area (Å²) in [6.45, 7) is 5.26. The first-order chi connectivity index (χ1) is 13.8. The van der Waals surface area contributed by atoms with Gasteiger partial charge in [0.2, 0.25) is 0 Å². The van der Waals surface area contributed by atoms with Gasteiger partial charge in [0.1, 0.15) is 11.6 Å². The molecule has 0 aliphatic rings. The Morgan fingerprint density at radius 1 is 1.21 bits per heavy atom. The highest BCUT2D eigenvalue weighted by molar-refractivity contribution is 6.10. The number of rotatable bonds is 7. The zero-order chi connectivity index (χ0) is 21.6. The molecule has 0 saturated heterocycles. The maximum Gasteiger partial charge on any atom is 0.344 e. The summed E-state index contributed by atoms with van der Waals surface area (Å²) in [5.41, 5.74) is 2.86. The van der Waals surface area contributed by atoms with Gasteiger partial charge in [-0.05, 0) is 56.2 Å². The Morgan fingerprint density at radius 2 is 1.93 bits per heavy atom. The number of aliphatic carboxylic acids is 1. The van der Waals surface area contributed by atoms with Gasteiger partial charge in [-0.3, -0.25) is 4.79 Å². The number of carboxylic acids is 1. The Bertz CT molecular complexity index is 1000. The standard InChI is InChI=1S/C22H22N2O5/c1-13-8-9-18(10-14(13)2)24-21(25)17(12-23)11-16-6-5-7-19(28-4)20(16)29-15(3)22(26)27/h5-11,15H,1-4H3,(H,24,25)(H,26,27)/b17-11-/t15-/m0/s1. The quantitative estimate of drug-likeness (QED) is 0.547. The minimum Gasteiger partial charge on any atom is -0.493 e. The second-order valence-corrected chi connectivity index (χ2v) is 6.40. The first-order valence-corrected chi connectivity index (χ1v) is 8.83.